The van der Waals surface area contributed by atoms with Crippen LogP contribution in [0.5, 0.6) is 5.75 Å². The summed E-state index contributed by atoms with van der Waals surface area (Å²) in [6.45, 7) is 3.10. The van der Waals surface area contributed by atoms with Crippen LogP contribution in [-0.4, -0.2) is 65.8 Å². The van der Waals surface area contributed by atoms with E-state index in [1.54, 1.807) is 44.1 Å². The highest BCUT2D eigenvalue weighted by Gasteiger charge is 2.45. The van der Waals surface area contributed by atoms with Crippen molar-refractivity contribution in [3.8, 4) is 5.75 Å². The third-order valence-corrected chi connectivity index (χ3v) is 9.44. The van der Waals surface area contributed by atoms with Gasteiger partial charge >= 0.3 is 5.85 Å². The molecule has 1 unspecified atom stereocenters. The van der Waals surface area contributed by atoms with E-state index in [0.717, 1.165) is 43.4 Å². The number of benzene rings is 2. The summed E-state index contributed by atoms with van der Waals surface area (Å²) in [5, 5.41) is 11.4. The SMILES string of the molecule is CCOc1cccc(C(O)(F)C(=O)N2CCC3(CCC(Sc4ccc(C(=O)N(C)C)c(Cl)c4)CC3)CC2)c1. The minimum absolute atomic E-state index is 0.106. The fourth-order valence-electron chi connectivity index (χ4n) is 5.47. The second kappa shape index (κ2) is 11.8. The van der Waals surface area contributed by atoms with Gasteiger partial charge in [-0.05, 0) is 81.2 Å². The molecule has 1 spiro atoms. The summed E-state index contributed by atoms with van der Waals surface area (Å²) in [6, 6.07) is 11.7. The molecule has 2 fully saturated rings. The molecule has 2 aromatic carbocycles. The molecule has 1 heterocycles. The molecule has 1 atom stereocenters. The lowest BCUT2D eigenvalue weighted by Gasteiger charge is -2.46. The Morgan fingerprint density at radius 3 is 2.45 bits per heavy atom. The van der Waals surface area contributed by atoms with Crippen molar-refractivity contribution in [3.05, 3.63) is 58.6 Å². The van der Waals surface area contributed by atoms with E-state index in [4.69, 9.17) is 16.3 Å². The third kappa shape index (κ3) is 6.29. The van der Waals surface area contributed by atoms with Gasteiger partial charge in [0.15, 0.2) is 0 Å². The Kier molecular flexibility index (Phi) is 8.95. The van der Waals surface area contributed by atoms with Crippen LogP contribution in [0.2, 0.25) is 5.02 Å². The minimum atomic E-state index is -3.08. The number of aliphatic hydroxyl groups is 1. The average molecular weight is 563 g/mol. The Balaban J connectivity index is 1.30. The number of piperidine rings is 1. The van der Waals surface area contributed by atoms with Gasteiger partial charge < -0.3 is 19.6 Å². The van der Waals surface area contributed by atoms with Crippen LogP contribution < -0.4 is 4.74 Å². The maximum atomic E-state index is 15.3. The van der Waals surface area contributed by atoms with E-state index in [-0.39, 0.29) is 16.9 Å². The molecule has 1 saturated carbocycles. The second-order valence-electron chi connectivity index (χ2n) is 10.5. The number of amides is 2. The van der Waals surface area contributed by atoms with Crippen molar-refractivity contribution < 1.29 is 23.8 Å². The van der Waals surface area contributed by atoms with Crippen LogP contribution in [0.1, 0.15) is 61.4 Å². The minimum Gasteiger partial charge on any atom is -0.494 e. The lowest BCUT2D eigenvalue weighted by Crippen LogP contribution is -2.50. The number of hydrogen-bond donors (Lipinski definition) is 1. The zero-order valence-electron chi connectivity index (χ0n) is 22.2. The van der Waals surface area contributed by atoms with Gasteiger partial charge in [-0.15, -0.1) is 11.8 Å². The molecule has 1 aliphatic heterocycles. The van der Waals surface area contributed by atoms with Crippen LogP contribution in [0.3, 0.4) is 0 Å². The lowest BCUT2D eigenvalue weighted by atomic mass is 9.68. The van der Waals surface area contributed by atoms with Gasteiger partial charge in [-0.1, -0.05) is 23.7 Å². The lowest BCUT2D eigenvalue weighted by molar-refractivity contribution is -0.177. The number of likely N-dealkylation sites (tertiary alicyclic amines) is 1. The third-order valence-electron chi connectivity index (χ3n) is 7.80. The number of halogens is 2. The van der Waals surface area contributed by atoms with Crippen molar-refractivity contribution in [3.63, 3.8) is 0 Å². The Labute approximate surface area is 233 Å². The van der Waals surface area contributed by atoms with Crippen molar-refractivity contribution in [1.82, 2.24) is 9.80 Å². The summed E-state index contributed by atoms with van der Waals surface area (Å²) >= 11 is 8.19. The molecular weight excluding hydrogens is 527 g/mol. The summed E-state index contributed by atoms with van der Waals surface area (Å²) in [7, 11) is 3.41. The number of nitrogens with zero attached hydrogens (tertiary/aromatic N) is 2. The van der Waals surface area contributed by atoms with Gasteiger partial charge in [-0.25, -0.2) is 0 Å². The zero-order chi connectivity index (χ0) is 27.5. The Morgan fingerprint density at radius 2 is 1.84 bits per heavy atom. The first-order valence-electron chi connectivity index (χ1n) is 13.2. The molecule has 2 amide bonds. The molecule has 1 saturated heterocycles. The molecule has 0 bridgehead atoms. The van der Waals surface area contributed by atoms with Gasteiger partial charge in [-0.3, -0.25) is 9.59 Å². The predicted octanol–water partition coefficient (Wildman–Crippen LogP) is 5.90. The van der Waals surface area contributed by atoms with Crippen LogP contribution in [0.25, 0.3) is 0 Å². The molecule has 1 aliphatic carbocycles. The molecule has 38 heavy (non-hydrogen) atoms. The monoisotopic (exact) mass is 562 g/mol. The first kappa shape index (κ1) is 28.7. The molecule has 0 aromatic heterocycles. The largest absolute Gasteiger partial charge is 0.494 e. The van der Waals surface area contributed by atoms with Gasteiger partial charge in [-0.2, -0.15) is 4.39 Å². The van der Waals surface area contributed by atoms with Gasteiger partial charge in [0.2, 0.25) is 0 Å². The topological polar surface area (TPSA) is 70.1 Å². The number of thioether (sulfide) groups is 1. The fourth-order valence-corrected chi connectivity index (χ4v) is 6.99. The Hall–Kier alpha value is -2.29. The van der Waals surface area contributed by atoms with Crippen molar-refractivity contribution in [2.24, 2.45) is 5.41 Å². The van der Waals surface area contributed by atoms with E-state index in [9.17, 15) is 14.7 Å². The number of carbonyl (C=O) groups excluding carboxylic acids is 2. The van der Waals surface area contributed by atoms with E-state index >= 15 is 4.39 Å². The number of alkyl halides is 1. The van der Waals surface area contributed by atoms with Crippen molar-refractivity contribution in [2.75, 3.05) is 33.8 Å². The average Bonchev–Trinajstić information content (AvgIpc) is 2.90. The Bertz CT molecular complexity index is 1160. The number of ether oxygens (including phenoxy) is 1. The Morgan fingerprint density at radius 1 is 1.16 bits per heavy atom. The van der Waals surface area contributed by atoms with Crippen molar-refractivity contribution >= 4 is 35.2 Å². The van der Waals surface area contributed by atoms with Crippen molar-refractivity contribution in [2.45, 2.75) is 61.4 Å². The van der Waals surface area contributed by atoms with E-state index in [0.29, 0.717) is 41.3 Å². The van der Waals surface area contributed by atoms with Crippen LogP contribution >= 0.6 is 23.4 Å². The quantitative estimate of drug-likeness (QED) is 0.455. The highest BCUT2D eigenvalue weighted by Crippen LogP contribution is 2.48. The molecule has 2 aliphatic rings. The van der Waals surface area contributed by atoms with E-state index in [2.05, 4.69) is 0 Å². The second-order valence-corrected chi connectivity index (χ2v) is 12.3. The summed E-state index contributed by atoms with van der Waals surface area (Å²) in [5.41, 5.74) is 0.550. The first-order chi connectivity index (χ1) is 18.0. The van der Waals surface area contributed by atoms with Crippen LogP contribution in [-0.2, 0) is 10.6 Å². The van der Waals surface area contributed by atoms with Crippen molar-refractivity contribution in [1.29, 1.82) is 0 Å². The molecule has 4 rings (SSSR count). The molecule has 2 aromatic rings. The summed E-state index contributed by atoms with van der Waals surface area (Å²) < 4.78 is 20.7. The molecule has 1 N–H and O–H groups in total. The zero-order valence-corrected chi connectivity index (χ0v) is 23.8. The van der Waals surface area contributed by atoms with Gasteiger partial charge in [0.1, 0.15) is 5.75 Å². The highest BCUT2D eigenvalue weighted by atomic mass is 35.5. The summed E-state index contributed by atoms with van der Waals surface area (Å²) in [5.74, 6) is -3.68. The summed E-state index contributed by atoms with van der Waals surface area (Å²) in [4.78, 5) is 29.2. The molecule has 206 valence electrons. The summed E-state index contributed by atoms with van der Waals surface area (Å²) in [6.07, 6.45) is 5.80. The smallest absolute Gasteiger partial charge is 0.312 e. The van der Waals surface area contributed by atoms with E-state index < -0.39 is 11.8 Å². The number of rotatable bonds is 7. The maximum Gasteiger partial charge on any atom is 0.312 e. The van der Waals surface area contributed by atoms with Crippen LogP contribution in [0, 0.1) is 5.41 Å². The van der Waals surface area contributed by atoms with Gasteiger partial charge in [0, 0.05) is 42.9 Å². The molecule has 6 nitrogen and oxygen atoms in total. The van der Waals surface area contributed by atoms with E-state index in [1.165, 1.54) is 21.9 Å². The van der Waals surface area contributed by atoms with Crippen LogP contribution in [0.15, 0.2) is 47.4 Å². The molecule has 9 heteroatoms. The van der Waals surface area contributed by atoms with Crippen LogP contribution in [0.4, 0.5) is 4.39 Å². The highest BCUT2D eigenvalue weighted by molar-refractivity contribution is 8.00. The fraction of sp³-hybridized carbons (Fsp3) is 0.517. The van der Waals surface area contributed by atoms with Gasteiger partial charge in [0.05, 0.1) is 17.2 Å². The standard InChI is InChI=1S/C29H36ClFN2O4S/c1-4-37-21-7-5-6-20(18-21)29(31,36)27(35)33-16-14-28(15-17-33)12-10-22(11-13-28)38-23-8-9-24(25(30)19-23)26(34)32(2)3/h5-9,18-19,22,36H,4,10-17H2,1-3H3. The maximum absolute atomic E-state index is 15.3. The van der Waals surface area contributed by atoms with Gasteiger partial charge in [0.25, 0.3) is 11.8 Å². The first-order valence-corrected chi connectivity index (χ1v) is 14.4. The number of hydrogen-bond acceptors (Lipinski definition) is 5. The number of carbonyl (C=O) groups is 2. The normalized spacial score (nSPS) is 19.2. The predicted molar refractivity (Wildman–Crippen MR) is 148 cm³/mol. The van der Waals surface area contributed by atoms with E-state index in [1.807, 2.05) is 19.1 Å². The molecular formula is C29H36ClFN2O4S. The molecule has 0 radical (unpaired) electrons.